The van der Waals surface area contributed by atoms with Gasteiger partial charge in [0.15, 0.2) is 0 Å². The van der Waals surface area contributed by atoms with E-state index in [-0.39, 0.29) is 0 Å². The first-order valence-electron chi connectivity index (χ1n) is 4.86. The van der Waals surface area contributed by atoms with Crippen LogP contribution in [0.4, 0.5) is 0 Å². The lowest BCUT2D eigenvalue weighted by molar-refractivity contribution is 0.221. The van der Waals surface area contributed by atoms with E-state index in [0.717, 1.165) is 19.1 Å². The first-order valence-corrected chi connectivity index (χ1v) is 4.86. The highest BCUT2D eigenvalue weighted by Crippen LogP contribution is 2.07. The van der Waals surface area contributed by atoms with Gasteiger partial charge in [-0.3, -0.25) is 4.90 Å². The van der Waals surface area contributed by atoms with Gasteiger partial charge in [-0.25, -0.2) is 0 Å². The smallest absolute Gasteiger partial charge is 0.0221 e. The lowest BCUT2D eigenvalue weighted by Gasteiger charge is -2.30. The van der Waals surface area contributed by atoms with Crippen LogP contribution < -0.4 is 5.32 Å². The summed E-state index contributed by atoms with van der Waals surface area (Å²) in [4.78, 5) is 2.42. The maximum atomic E-state index is 3.43. The second kappa shape index (κ2) is 5.33. The summed E-state index contributed by atoms with van der Waals surface area (Å²) in [5, 5.41) is 3.43. The molecule has 1 heterocycles. The molecule has 1 saturated heterocycles. The average molecular weight is 168 g/mol. The van der Waals surface area contributed by atoms with Crippen molar-refractivity contribution in [2.24, 2.45) is 0 Å². The number of hydrogen-bond acceptors (Lipinski definition) is 2. The zero-order chi connectivity index (χ0) is 8.81. The van der Waals surface area contributed by atoms with E-state index in [1.807, 2.05) is 0 Å². The molecule has 1 rings (SSSR count). The molecule has 0 aromatic carbocycles. The number of nitrogens with one attached hydrogen (secondary N) is 1. The molecule has 1 atom stereocenters. The summed E-state index contributed by atoms with van der Waals surface area (Å²) in [6.45, 7) is 5.53. The van der Waals surface area contributed by atoms with Crippen LogP contribution in [0, 0.1) is 0 Å². The largest absolute Gasteiger partial charge is 0.315 e. The number of likely N-dealkylation sites (N-methyl/N-ethyl adjacent to an activating group) is 1. The SMILES string of the molecule is CC=CCN(C)C1CCCNC1. The van der Waals surface area contributed by atoms with Crippen LogP contribution in [0.5, 0.6) is 0 Å². The van der Waals surface area contributed by atoms with E-state index in [0.29, 0.717) is 0 Å². The average Bonchev–Trinajstić information content (AvgIpc) is 2.15. The van der Waals surface area contributed by atoms with E-state index in [9.17, 15) is 0 Å². The first-order chi connectivity index (χ1) is 5.84. The van der Waals surface area contributed by atoms with Gasteiger partial charge in [-0.1, -0.05) is 12.2 Å². The zero-order valence-corrected chi connectivity index (χ0v) is 8.21. The minimum atomic E-state index is 0.745. The fourth-order valence-electron chi connectivity index (χ4n) is 1.63. The molecule has 1 fully saturated rings. The molecule has 70 valence electrons. The summed E-state index contributed by atoms with van der Waals surface area (Å²) >= 11 is 0. The number of nitrogens with zero attached hydrogens (tertiary/aromatic N) is 1. The molecular formula is C10H20N2. The van der Waals surface area contributed by atoms with Crippen LogP contribution in [0.15, 0.2) is 12.2 Å². The second-order valence-electron chi connectivity index (χ2n) is 3.51. The molecule has 0 radical (unpaired) electrons. The lowest BCUT2D eigenvalue weighted by Crippen LogP contribution is -2.44. The lowest BCUT2D eigenvalue weighted by atomic mass is 10.1. The summed E-state index contributed by atoms with van der Waals surface area (Å²) in [5.74, 6) is 0. The molecule has 0 spiro atoms. The molecule has 0 saturated carbocycles. The molecule has 1 N–H and O–H groups in total. The summed E-state index contributed by atoms with van der Waals surface area (Å²) in [5.41, 5.74) is 0. The van der Waals surface area contributed by atoms with Crippen molar-refractivity contribution < 1.29 is 0 Å². The summed E-state index contributed by atoms with van der Waals surface area (Å²) in [6.07, 6.45) is 7.01. The fraction of sp³-hybridized carbons (Fsp3) is 0.800. The van der Waals surface area contributed by atoms with Gasteiger partial charge in [0.05, 0.1) is 0 Å². The Morgan fingerprint density at radius 3 is 3.00 bits per heavy atom. The Kier molecular flexibility index (Phi) is 4.33. The Bertz CT molecular complexity index is 137. The van der Waals surface area contributed by atoms with Crippen LogP contribution in [0.3, 0.4) is 0 Å². The van der Waals surface area contributed by atoms with E-state index >= 15 is 0 Å². The first kappa shape index (κ1) is 9.75. The molecule has 12 heavy (non-hydrogen) atoms. The highest BCUT2D eigenvalue weighted by molar-refractivity contribution is 4.84. The standard InChI is InChI=1S/C10H20N2/c1-3-4-8-12(2)10-6-5-7-11-9-10/h3-4,10-11H,5-9H2,1-2H3. The van der Waals surface area contributed by atoms with Crippen LogP contribution in [-0.2, 0) is 0 Å². The van der Waals surface area contributed by atoms with Crippen molar-refractivity contribution in [3.8, 4) is 0 Å². The number of piperidine rings is 1. The molecular weight excluding hydrogens is 148 g/mol. The van der Waals surface area contributed by atoms with E-state index in [4.69, 9.17) is 0 Å². The predicted molar refractivity (Wildman–Crippen MR) is 53.3 cm³/mol. The Morgan fingerprint density at radius 2 is 2.42 bits per heavy atom. The maximum absolute atomic E-state index is 3.43. The van der Waals surface area contributed by atoms with E-state index in [2.05, 4.69) is 36.3 Å². The minimum absolute atomic E-state index is 0.745. The van der Waals surface area contributed by atoms with Gasteiger partial charge < -0.3 is 5.32 Å². The molecule has 2 nitrogen and oxygen atoms in total. The van der Waals surface area contributed by atoms with Gasteiger partial charge in [-0.15, -0.1) is 0 Å². The van der Waals surface area contributed by atoms with Gasteiger partial charge >= 0.3 is 0 Å². The van der Waals surface area contributed by atoms with Crippen molar-refractivity contribution in [1.82, 2.24) is 10.2 Å². The van der Waals surface area contributed by atoms with Crippen molar-refractivity contribution in [3.05, 3.63) is 12.2 Å². The minimum Gasteiger partial charge on any atom is -0.315 e. The molecule has 2 heteroatoms. The van der Waals surface area contributed by atoms with Gasteiger partial charge in [0.2, 0.25) is 0 Å². The van der Waals surface area contributed by atoms with Crippen LogP contribution >= 0.6 is 0 Å². The Balaban J connectivity index is 2.24. The molecule has 0 aromatic rings. The Hall–Kier alpha value is -0.340. The van der Waals surface area contributed by atoms with Crippen LogP contribution in [0.1, 0.15) is 19.8 Å². The molecule has 0 aromatic heterocycles. The third kappa shape index (κ3) is 2.95. The molecule has 0 bridgehead atoms. The summed E-state index contributed by atoms with van der Waals surface area (Å²) in [7, 11) is 2.21. The van der Waals surface area contributed by atoms with Crippen LogP contribution in [0.25, 0.3) is 0 Å². The monoisotopic (exact) mass is 168 g/mol. The van der Waals surface area contributed by atoms with E-state index < -0.39 is 0 Å². The summed E-state index contributed by atoms with van der Waals surface area (Å²) < 4.78 is 0. The number of rotatable bonds is 3. The highest BCUT2D eigenvalue weighted by atomic mass is 15.1. The quantitative estimate of drug-likeness (QED) is 0.638. The third-order valence-corrected chi connectivity index (χ3v) is 2.52. The van der Waals surface area contributed by atoms with Crippen molar-refractivity contribution >= 4 is 0 Å². The number of allylic oxidation sites excluding steroid dienone is 1. The van der Waals surface area contributed by atoms with Gasteiger partial charge in [-0.05, 0) is 33.4 Å². The fourth-order valence-corrected chi connectivity index (χ4v) is 1.63. The topological polar surface area (TPSA) is 15.3 Å². The van der Waals surface area contributed by atoms with Crippen molar-refractivity contribution in [1.29, 1.82) is 0 Å². The zero-order valence-electron chi connectivity index (χ0n) is 8.21. The van der Waals surface area contributed by atoms with E-state index in [1.54, 1.807) is 0 Å². The maximum Gasteiger partial charge on any atom is 0.0221 e. The van der Waals surface area contributed by atoms with Crippen LogP contribution in [-0.4, -0.2) is 37.6 Å². The molecule has 0 amide bonds. The van der Waals surface area contributed by atoms with Crippen LogP contribution in [0.2, 0.25) is 0 Å². The van der Waals surface area contributed by atoms with Gasteiger partial charge in [-0.2, -0.15) is 0 Å². The molecule has 1 aliphatic heterocycles. The Labute approximate surface area is 75.6 Å². The second-order valence-corrected chi connectivity index (χ2v) is 3.51. The Morgan fingerprint density at radius 1 is 1.58 bits per heavy atom. The van der Waals surface area contributed by atoms with Crippen molar-refractivity contribution in [3.63, 3.8) is 0 Å². The normalized spacial score (nSPS) is 25.4. The molecule has 1 aliphatic rings. The highest BCUT2D eigenvalue weighted by Gasteiger charge is 2.15. The van der Waals surface area contributed by atoms with Gasteiger partial charge in [0, 0.05) is 19.1 Å². The van der Waals surface area contributed by atoms with Gasteiger partial charge in [0.25, 0.3) is 0 Å². The van der Waals surface area contributed by atoms with Crippen molar-refractivity contribution in [2.75, 3.05) is 26.7 Å². The molecule has 0 aliphatic carbocycles. The van der Waals surface area contributed by atoms with E-state index in [1.165, 1.54) is 19.4 Å². The predicted octanol–water partition coefficient (Wildman–Crippen LogP) is 1.25. The van der Waals surface area contributed by atoms with Crippen molar-refractivity contribution in [2.45, 2.75) is 25.8 Å². The third-order valence-electron chi connectivity index (χ3n) is 2.52. The van der Waals surface area contributed by atoms with Gasteiger partial charge in [0.1, 0.15) is 0 Å². The number of hydrogen-bond donors (Lipinski definition) is 1. The summed E-state index contributed by atoms with van der Waals surface area (Å²) in [6, 6.07) is 0.745. The molecule has 1 unspecified atom stereocenters.